The Morgan fingerprint density at radius 1 is 1.56 bits per heavy atom. The van der Waals surface area contributed by atoms with Crippen molar-refractivity contribution in [1.29, 1.82) is 0 Å². The van der Waals surface area contributed by atoms with Gasteiger partial charge in [-0.2, -0.15) is 0 Å². The van der Waals surface area contributed by atoms with Crippen molar-refractivity contribution in [1.82, 2.24) is 10.6 Å². The highest BCUT2D eigenvalue weighted by molar-refractivity contribution is 9.10. The molecule has 1 aliphatic heterocycles. The fourth-order valence-corrected chi connectivity index (χ4v) is 2.50. The summed E-state index contributed by atoms with van der Waals surface area (Å²) < 4.78 is 0.741. The van der Waals surface area contributed by atoms with E-state index < -0.39 is 0 Å². The smallest absolute Gasteiger partial charge is 0.252 e. The largest absolute Gasteiger partial charge is 0.350 e. The molecule has 100 valence electrons. The van der Waals surface area contributed by atoms with Crippen LogP contribution in [0.4, 0.5) is 0 Å². The van der Waals surface area contributed by atoms with Gasteiger partial charge in [0.15, 0.2) is 0 Å². The van der Waals surface area contributed by atoms with E-state index in [4.69, 9.17) is 11.6 Å². The molecule has 18 heavy (non-hydrogen) atoms. The minimum Gasteiger partial charge on any atom is -0.350 e. The molecule has 1 atom stereocenters. The quantitative estimate of drug-likeness (QED) is 0.876. The van der Waals surface area contributed by atoms with Crippen molar-refractivity contribution < 1.29 is 4.79 Å². The summed E-state index contributed by atoms with van der Waals surface area (Å²) in [7, 11) is 0. The second-order valence-corrected chi connectivity index (χ2v) is 5.34. The third-order valence-electron chi connectivity index (χ3n) is 2.87. The van der Waals surface area contributed by atoms with Crippen LogP contribution in [0.25, 0.3) is 0 Å². The predicted molar refractivity (Wildman–Crippen MR) is 79.8 cm³/mol. The zero-order valence-electron chi connectivity index (χ0n) is 9.71. The molecule has 0 radical (unpaired) electrons. The Kier molecular flexibility index (Phi) is 6.43. The van der Waals surface area contributed by atoms with Gasteiger partial charge in [-0.05, 0) is 47.4 Å². The van der Waals surface area contributed by atoms with Crippen LogP contribution in [0.1, 0.15) is 23.2 Å². The number of carbonyl (C=O) groups excluding carboxylic acids is 1. The van der Waals surface area contributed by atoms with Crippen molar-refractivity contribution in [2.45, 2.75) is 18.9 Å². The molecule has 6 heteroatoms. The number of benzene rings is 1. The van der Waals surface area contributed by atoms with Crippen molar-refractivity contribution in [3.8, 4) is 0 Å². The second-order valence-electron chi connectivity index (χ2n) is 4.10. The maximum atomic E-state index is 11.9. The molecule has 1 saturated heterocycles. The van der Waals surface area contributed by atoms with Gasteiger partial charge in [-0.1, -0.05) is 17.7 Å². The summed E-state index contributed by atoms with van der Waals surface area (Å²) in [6, 6.07) is 5.74. The van der Waals surface area contributed by atoms with E-state index in [0.29, 0.717) is 23.2 Å². The topological polar surface area (TPSA) is 41.1 Å². The third-order valence-corrected chi connectivity index (χ3v) is 4.16. The maximum Gasteiger partial charge on any atom is 0.252 e. The Bertz CT molecular complexity index is 423. The van der Waals surface area contributed by atoms with E-state index in [1.807, 2.05) is 6.07 Å². The summed E-state index contributed by atoms with van der Waals surface area (Å²) in [6.45, 7) is 1.69. The van der Waals surface area contributed by atoms with Crippen LogP contribution in [0.15, 0.2) is 22.7 Å². The molecule has 1 unspecified atom stereocenters. The fourth-order valence-electron chi connectivity index (χ4n) is 1.92. The van der Waals surface area contributed by atoms with Gasteiger partial charge >= 0.3 is 0 Å². The van der Waals surface area contributed by atoms with E-state index in [2.05, 4.69) is 26.6 Å². The minimum absolute atomic E-state index is 0. The van der Waals surface area contributed by atoms with E-state index in [1.165, 1.54) is 6.42 Å². The highest BCUT2D eigenvalue weighted by atomic mass is 79.9. The van der Waals surface area contributed by atoms with Crippen LogP contribution >= 0.6 is 39.9 Å². The molecule has 0 bridgehead atoms. The molecule has 3 nitrogen and oxygen atoms in total. The first-order valence-corrected chi connectivity index (χ1v) is 6.81. The molecule has 1 amide bonds. The first kappa shape index (κ1) is 15.8. The van der Waals surface area contributed by atoms with Gasteiger partial charge in [0.1, 0.15) is 0 Å². The highest BCUT2D eigenvalue weighted by Gasteiger charge is 2.17. The highest BCUT2D eigenvalue weighted by Crippen LogP contribution is 2.25. The Hall–Kier alpha value is -0.290. The van der Waals surface area contributed by atoms with Gasteiger partial charge in [-0.15, -0.1) is 12.4 Å². The third kappa shape index (κ3) is 3.85. The summed E-state index contributed by atoms with van der Waals surface area (Å²) in [4.78, 5) is 11.9. The van der Waals surface area contributed by atoms with Crippen molar-refractivity contribution in [2.75, 3.05) is 13.1 Å². The zero-order valence-corrected chi connectivity index (χ0v) is 12.9. The number of amides is 1. The molecule has 1 fully saturated rings. The number of rotatable bonds is 3. The monoisotopic (exact) mass is 352 g/mol. The lowest BCUT2D eigenvalue weighted by atomic mass is 10.2. The molecule has 2 N–H and O–H groups in total. The number of hydrogen-bond donors (Lipinski definition) is 2. The molecule has 0 aliphatic carbocycles. The first-order chi connectivity index (χ1) is 8.18. The predicted octanol–water partition coefficient (Wildman–Crippen LogP) is 3.01. The number of carbonyl (C=O) groups is 1. The zero-order chi connectivity index (χ0) is 12.3. The molecule has 1 aromatic carbocycles. The standard InChI is InChI=1S/C12H14BrClN2O.ClH/c13-10-5-1-4-9(11(10)14)12(17)16-7-8-3-2-6-15-8;/h1,4-5,8,15H,2-3,6-7H2,(H,16,17);1H. The summed E-state index contributed by atoms with van der Waals surface area (Å²) in [5.74, 6) is -0.120. The number of halogens is 3. The van der Waals surface area contributed by atoms with E-state index in [-0.39, 0.29) is 18.3 Å². The van der Waals surface area contributed by atoms with Crippen molar-refractivity contribution in [3.63, 3.8) is 0 Å². The van der Waals surface area contributed by atoms with Gasteiger partial charge in [0, 0.05) is 17.1 Å². The van der Waals surface area contributed by atoms with Crippen LogP contribution in [-0.4, -0.2) is 25.0 Å². The maximum absolute atomic E-state index is 11.9. The molecular weight excluding hydrogens is 339 g/mol. The number of nitrogens with one attached hydrogen (secondary N) is 2. The normalized spacial score (nSPS) is 18.2. The molecule has 1 heterocycles. The molecule has 0 spiro atoms. The van der Waals surface area contributed by atoms with E-state index in [1.54, 1.807) is 12.1 Å². The molecule has 0 saturated carbocycles. The van der Waals surface area contributed by atoms with Gasteiger partial charge in [0.05, 0.1) is 10.6 Å². The van der Waals surface area contributed by atoms with Crippen LogP contribution < -0.4 is 10.6 Å². The average molecular weight is 354 g/mol. The Morgan fingerprint density at radius 2 is 2.33 bits per heavy atom. The van der Waals surface area contributed by atoms with Gasteiger partial charge in [0.2, 0.25) is 0 Å². The SMILES string of the molecule is Cl.O=C(NCC1CCCN1)c1cccc(Br)c1Cl. The van der Waals surface area contributed by atoms with Crippen LogP contribution in [-0.2, 0) is 0 Å². The van der Waals surface area contributed by atoms with Crippen molar-refractivity contribution in [2.24, 2.45) is 0 Å². The first-order valence-electron chi connectivity index (χ1n) is 5.64. The van der Waals surface area contributed by atoms with Crippen molar-refractivity contribution >= 4 is 45.8 Å². The van der Waals surface area contributed by atoms with Crippen molar-refractivity contribution in [3.05, 3.63) is 33.3 Å². The number of hydrogen-bond acceptors (Lipinski definition) is 2. The second kappa shape index (κ2) is 7.34. The van der Waals surface area contributed by atoms with Gasteiger partial charge in [-0.25, -0.2) is 0 Å². The fraction of sp³-hybridized carbons (Fsp3) is 0.417. The molecule has 1 aliphatic rings. The van der Waals surface area contributed by atoms with Crippen LogP contribution in [0.5, 0.6) is 0 Å². The summed E-state index contributed by atoms with van der Waals surface area (Å²) in [5, 5.41) is 6.70. The lowest BCUT2D eigenvalue weighted by Crippen LogP contribution is -2.37. The Morgan fingerprint density at radius 3 is 3.00 bits per heavy atom. The van der Waals surface area contributed by atoms with E-state index in [0.717, 1.165) is 17.4 Å². The van der Waals surface area contributed by atoms with Crippen LogP contribution in [0.2, 0.25) is 5.02 Å². The lowest BCUT2D eigenvalue weighted by Gasteiger charge is -2.12. The molecule has 0 aromatic heterocycles. The average Bonchev–Trinajstić information content (AvgIpc) is 2.82. The molecule has 1 aromatic rings. The Labute approximate surface area is 126 Å². The lowest BCUT2D eigenvalue weighted by molar-refractivity contribution is 0.0950. The van der Waals surface area contributed by atoms with Crippen LogP contribution in [0.3, 0.4) is 0 Å². The molecular formula is C12H15BrCl2N2O. The van der Waals surface area contributed by atoms with E-state index >= 15 is 0 Å². The Balaban J connectivity index is 0.00000162. The molecule has 2 rings (SSSR count). The minimum atomic E-state index is -0.120. The summed E-state index contributed by atoms with van der Waals surface area (Å²) >= 11 is 9.37. The van der Waals surface area contributed by atoms with E-state index in [9.17, 15) is 4.79 Å². The van der Waals surface area contributed by atoms with Gasteiger partial charge < -0.3 is 10.6 Å². The summed E-state index contributed by atoms with van der Waals surface area (Å²) in [6.07, 6.45) is 2.30. The van der Waals surface area contributed by atoms with Gasteiger partial charge in [-0.3, -0.25) is 4.79 Å². The van der Waals surface area contributed by atoms with Crippen LogP contribution in [0, 0.1) is 0 Å². The summed E-state index contributed by atoms with van der Waals surface area (Å²) in [5.41, 5.74) is 0.513. The van der Waals surface area contributed by atoms with Gasteiger partial charge in [0.25, 0.3) is 5.91 Å².